The third kappa shape index (κ3) is 2.44. The van der Waals surface area contributed by atoms with Gasteiger partial charge in [0.25, 0.3) is 0 Å². The average molecular weight is 360 g/mol. The topological polar surface area (TPSA) is 82.1 Å². The molecule has 1 saturated carbocycles. The first-order valence-electron chi connectivity index (χ1n) is 9.23. The molecular weight excluding hydrogens is 340 g/mol. The number of nitrogens with one attached hydrogen (secondary N) is 1. The minimum absolute atomic E-state index is 0.0147. The number of likely N-dealkylation sites (tertiary alicyclic amines) is 1. The number of nitrogens with zero attached hydrogens (tertiary/aromatic N) is 3. The minimum Gasteiger partial charge on any atom is -0.507 e. The van der Waals surface area contributed by atoms with E-state index in [0.29, 0.717) is 17.2 Å². The van der Waals surface area contributed by atoms with Crippen molar-refractivity contribution in [2.24, 2.45) is 5.92 Å². The van der Waals surface area contributed by atoms with Crippen LogP contribution in [-0.2, 0) is 4.79 Å². The van der Waals surface area contributed by atoms with Gasteiger partial charge in [-0.1, -0.05) is 18.7 Å². The zero-order chi connectivity index (χ0) is 18.5. The Kier molecular flexibility index (Phi) is 3.53. The van der Waals surface area contributed by atoms with Crippen LogP contribution in [0.15, 0.2) is 49.1 Å². The lowest BCUT2D eigenvalue weighted by Gasteiger charge is -2.46. The summed E-state index contributed by atoms with van der Waals surface area (Å²) >= 11 is 0. The highest BCUT2D eigenvalue weighted by Gasteiger charge is 2.50. The van der Waals surface area contributed by atoms with Crippen LogP contribution in [0.1, 0.15) is 24.5 Å². The Morgan fingerprint density at radius 3 is 2.93 bits per heavy atom. The van der Waals surface area contributed by atoms with E-state index in [9.17, 15) is 9.90 Å². The van der Waals surface area contributed by atoms with E-state index in [2.05, 4.69) is 27.8 Å². The maximum absolute atomic E-state index is 12.1. The highest BCUT2D eigenvalue weighted by Crippen LogP contribution is 2.48. The van der Waals surface area contributed by atoms with Crippen LogP contribution in [0.4, 0.5) is 0 Å². The number of hydrogen-bond acceptors (Lipinski definition) is 4. The zero-order valence-electron chi connectivity index (χ0n) is 14.8. The fraction of sp³-hybridized carbons (Fsp3) is 0.286. The largest absolute Gasteiger partial charge is 0.507 e. The second kappa shape index (κ2) is 5.94. The summed E-state index contributed by atoms with van der Waals surface area (Å²) < 4.78 is 0. The smallest absolute Gasteiger partial charge is 0.246 e. The predicted molar refractivity (Wildman–Crippen MR) is 102 cm³/mol. The number of carbonyl (C=O) groups excluding carboxylic acids is 1. The van der Waals surface area contributed by atoms with E-state index >= 15 is 0 Å². The molecule has 3 heterocycles. The number of phenolic OH excluding ortho intramolecular Hbond substituents is 1. The number of aromatic amines is 1. The number of hydrogen-bond donors (Lipinski definition) is 2. The monoisotopic (exact) mass is 360 g/mol. The Morgan fingerprint density at radius 2 is 2.11 bits per heavy atom. The molecule has 3 atom stereocenters. The van der Waals surface area contributed by atoms with Crippen LogP contribution in [0, 0.1) is 5.92 Å². The summed E-state index contributed by atoms with van der Waals surface area (Å²) in [4.78, 5) is 17.4. The summed E-state index contributed by atoms with van der Waals surface area (Å²) in [5.74, 6) is 1.07. The second-order valence-corrected chi connectivity index (χ2v) is 7.40. The molecule has 136 valence electrons. The number of rotatable bonds is 3. The van der Waals surface area contributed by atoms with Crippen molar-refractivity contribution < 1.29 is 9.90 Å². The lowest BCUT2D eigenvalue weighted by molar-refractivity contribution is -0.137. The number of aromatic hydroxyl groups is 1. The first-order chi connectivity index (χ1) is 13.2. The number of aromatic nitrogens is 3. The summed E-state index contributed by atoms with van der Waals surface area (Å²) in [5, 5.41) is 19.6. The summed E-state index contributed by atoms with van der Waals surface area (Å²) in [7, 11) is 0. The van der Waals surface area contributed by atoms with E-state index in [-0.39, 0.29) is 23.6 Å². The predicted octanol–water partition coefficient (Wildman–Crippen LogP) is 3.22. The van der Waals surface area contributed by atoms with Crippen LogP contribution in [0.3, 0.4) is 0 Å². The van der Waals surface area contributed by atoms with Crippen LogP contribution < -0.4 is 0 Å². The molecule has 0 unspecified atom stereocenters. The fourth-order valence-electron chi connectivity index (χ4n) is 4.64. The first kappa shape index (κ1) is 16.1. The van der Waals surface area contributed by atoms with Gasteiger partial charge >= 0.3 is 0 Å². The number of amides is 1. The third-order valence-corrected chi connectivity index (χ3v) is 5.97. The van der Waals surface area contributed by atoms with Gasteiger partial charge in [-0.05, 0) is 49.1 Å². The normalized spacial score (nSPS) is 23.9. The fourth-order valence-corrected chi connectivity index (χ4v) is 4.64. The quantitative estimate of drug-likeness (QED) is 0.703. The van der Waals surface area contributed by atoms with Gasteiger partial charge in [0.15, 0.2) is 5.65 Å². The summed E-state index contributed by atoms with van der Waals surface area (Å²) in [6.45, 7) is 4.45. The highest BCUT2D eigenvalue weighted by molar-refractivity contribution is 5.88. The van der Waals surface area contributed by atoms with Gasteiger partial charge in [-0.3, -0.25) is 4.79 Å². The van der Waals surface area contributed by atoms with Crippen LogP contribution in [0.5, 0.6) is 5.75 Å². The molecule has 0 spiro atoms. The molecule has 1 aliphatic carbocycles. The first-order valence-corrected chi connectivity index (χ1v) is 9.23. The van der Waals surface area contributed by atoms with Gasteiger partial charge in [0.05, 0.1) is 5.69 Å². The Balaban J connectivity index is 1.49. The van der Waals surface area contributed by atoms with Gasteiger partial charge in [0, 0.05) is 35.1 Å². The van der Waals surface area contributed by atoms with Gasteiger partial charge in [-0.2, -0.15) is 0 Å². The van der Waals surface area contributed by atoms with Crippen molar-refractivity contribution in [3.63, 3.8) is 0 Å². The standard InChI is InChI=1S/C21H20N4O2/c1-2-19(27)25-11-12-7-8-15(20(12)25)16-9-13-10-17(23-24-21(13)22-16)14-5-3-4-6-18(14)26/h2-6,9-10,12,15,20,26H,1,7-8,11H2,(H,22,24)/t12-,15+,20+/m1/s1. The zero-order valence-corrected chi connectivity index (χ0v) is 14.8. The molecule has 1 aromatic carbocycles. The Bertz CT molecular complexity index is 1060. The van der Waals surface area contributed by atoms with E-state index in [1.54, 1.807) is 12.1 Å². The maximum atomic E-state index is 12.1. The second-order valence-electron chi connectivity index (χ2n) is 7.40. The molecule has 2 aromatic heterocycles. The molecule has 2 N–H and O–H groups in total. The van der Waals surface area contributed by atoms with Crippen molar-refractivity contribution in [3.8, 4) is 17.0 Å². The van der Waals surface area contributed by atoms with Crippen molar-refractivity contribution >= 4 is 16.9 Å². The van der Waals surface area contributed by atoms with E-state index in [0.717, 1.165) is 36.1 Å². The maximum Gasteiger partial charge on any atom is 0.246 e. The molecule has 2 fully saturated rings. The molecule has 0 bridgehead atoms. The molecule has 6 heteroatoms. The third-order valence-electron chi connectivity index (χ3n) is 5.97. The van der Waals surface area contributed by atoms with Crippen molar-refractivity contribution in [3.05, 3.63) is 54.7 Å². The van der Waals surface area contributed by atoms with Gasteiger partial charge in [-0.15, -0.1) is 10.2 Å². The number of carbonyl (C=O) groups is 1. The molecule has 1 aliphatic heterocycles. The Hall–Kier alpha value is -3.15. The molecule has 3 aromatic rings. The molecule has 0 radical (unpaired) electrons. The van der Waals surface area contributed by atoms with Gasteiger partial charge < -0.3 is 15.0 Å². The number of benzene rings is 1. The molecular formula is C21H20N4O2. The van der Waals surface area contributed by atoms with E-state index in [1.807, 2.05) is 23.1 Å². The van der Waals surface area contributed by atoms with Gasteiger partial charge in [-0.25, -0.2) is 0 Å². The van der Waals surface area contributed by atoms with Gasteiger partial charge in [0.1, 0.15) is 5.75 Å². The molecule has 27 heavy (non-hydrogen) atoms. The van der Waals surface area contributed by atoms with Crippen LogP contribution >= 0.6 is 0 Å². The van der Waals surface area contributed by atoms with Crippen molar-refractivity contribution in [1.82, 2.24) is 20.1 Å². The number of H-pyrrole nitrogens is 1. The van der Waals surface area contributed by atoms with Gasteiger partial charge in [0.2, 0.25) is 5.91 Å². The SMILES string of the molecule is C=CC(=O)N1C[C@H]2CC[C@@H](c3cc4cc(-c5ccccc5O)nnc4[nH]3)[C@H]21. The van der Waals surface area contributed by atoms with Crippen LogP contribution in [0.25, 0.3) is 22.3 Å². The lowest BCUT2D eigenvalue weighted by atomic mass is 9.85. The summed E-state index contributed by atoms with van der Waals surface area (Å²) in [6, 6.07) is 11.4. The number of phenols is 1. The minimum atomic E-state index is 0.0147. The van der Waals surface area contributed by atoms with Crippen LogP contribution in [-0.4, -0.2) is 43.7 Å². The summed E-state index contributed by atoms with van der Waals surface area (Å²) in [5.41, 5.74) is 3.14. The molecule has 1 amide bonds. The average Bonchev–Trinajstić information content (AvgIpc) is 3.22. The van der Waals surface area contributed by atoms with Crippen molar-refractivity contribution in [2.75, 3.05) is 6.54 Å². The number of para-hydroxylation sites is 1. The Labute approximate surface area is 156 Å². The lowest BCUT2D eigenvalue weighted by Crippen LogP contribution is -2.57. The molecule has 1 saturated heterocycles. The van der Waals surface area contributed by atoms with E-state index in [1.165, 1.54) is 6.08 Å². The van der Waals surface area contributed by atoms with Crippen molar-refractivity contribution in [2.45, 2.75) is 24.8 Å². The number of fused-ring (bicyclic) bond motifs is 2. The molecule has 6 nitrogen and oxygen atoms in total. The Morgan fingerprint density at radius 1 is 1.26 bits per heavy atom. The summed E-state index contributed by atoms with van der Waals surface area (Å²) in [6.07, 6.45) is 3.60. The van der Waals surface area contributed by atoms with E-state index in [4.69, 9.17) is 0 Å². The van der Waals surface area contributed by atoms with Crippen LogP contribution in [0.2, 0.25) is 0 Å². The highest BCUT2D eigenvalue weighted by atomic mass is 16.3. The van der Waals surface area contributed by atoms with E-state index < -0.39 is 0 Å². The molecule has 2 aliphatic rings. The molecule has 5 rings (SSSR count). The van der Waals surface area contributed by atoms with Crippen molar-refractivity contribution in [1.29, 1.82) is 0 Å².